The highest BCUT2D eigenvalue weighted by Crippen LogP contribution is 2.24. The lowest BCUT2D eigenvalue weighted by molar-refractivity contribution is -0.0586. The summed E-state index contributed by atoms with van der Waals surface area (Å²) in [6.45, 7) is 4.98. The molecule has 0 spiro atoms. The van der Waals surface area contributed by atoms with Gasteiger partial charge in [-0.1, -0.05) is 19.8 Å². The molecule has 0 saturated carbocycles. The average molecular weight is 143 g/mol. The van der Waals surface area contributed by atoms with E-state index in [1.165, 1.54) is 6.42 Å². The maximum absolute atomic E-state index is 9.75. The summed E-state index contributed by atoms with van der Waals surface area (Å²) in [5.74, 6) is 0. The maximum atomic E-state index is 9.75. The number of rotatable bonds is 3. The van der Waals surface area contributed by atoms with Gasteiger partial charge in [-0.15, -0.1) is 0 Å². The molecule has 10 heavy (non-hydrogen) atoms. The minimum absolute atomic E-state index is 0.305. The lowest BCUT2D eigenvalue weighted by Crippen LogP contribution is -2.66. The van der Waals surface area contributed by atoms with Gasteiger partial charge in [0.05, 0.1) is 5.60 Å². The molecular weight excluding hydrogens is 126 g/mol. The van der Waals surface area contributed by atoms with E-state index in [1.807, 2.05) is 6.92 Å². The molecule has 2 N–H and O–H groups in total. The molecular formula is C8H17NO. The molecule has 1 fully saturated rings. The highest BCUT2D eigenvalue weighted by Gasteiger charge is 2.40. The standard InChI is InChI=1S/C8H17NO/c1-3-4-5-8(10)6-9-7(8)2/h7,9-10H,3-6H2,1-2H3/t7-,8-/m0/s1. The van der Waals surface area contributed by atoms with Crippen LogP contribution < -0.4 is 5.32 Å². The van der Waals surface area contributed by atoms with Crippen molar-refractivity contribution < 1.29 is 5.11 Å². The molecule has 0 bridgehead atoms. The zero-order valence-corrected chi connectivity index (χ0v) is 6.85. The Hall–Kier alpha value is -0.0800. The predicted octanol–water partition coefficient (Wildman–Crippen LogP) is 0.899. The molecule has 0 aromatic heterocycles. The van der Waals surface area contributed by atoms with Crippen molar-refractivity contribution in [1.82, 2.24) is 5.32 Å². The van der Waals surface area contributed by atoms with Crippen LogP contribution in [0.1, 0.15) is 33.1 Å². The largest absolute Gasteiger partial charge is 0.387 e. The van der Waals surface area contributed by atoms with E-state index in [-0.39, 0.29) is 5.60 Å². The Kier molecular flexibility index (Phi) is 2.32. The van der Waals surface area contributed by atoms with Gasteiger partial charge in [-0.05, 0) is 13.3 Å². The van der Waals surface area contributed by atoms with Gasteiger partial charge in [0.1, 0.15) is 0 Å². The normalized spacial score (nSPS) is 39.3. The van der Waals surface area contributed by atoms with Crippen LogP contribution in [-0.2, 0) is 0 Å². The van der Waals surface area contributed by atoms with E-state index in [0.29, 0.717) is 6.04 Å². The van der Waals surface area contributed by atoms with Crippen LogP contribution in [-0.4, -0.2) is 23.3 Å². The van der Waals surface area contributed by atoms with Gasteiger partial charge in [0.2, 0.25) is 0 Å². The fourth-order valence-electron chi connectivity index (χ4n) is 1.33. The Bertz CT molecular complexity index is 116. The second-order valence-corrected chi connectivity index (χ2v) is 3.31. The molecule has 2 heteroatoms. The van der Waals surface area contributed by atoms with E-state index < -0.39 is 0 Å². The van der Waals surface area contributed by atoms with Gasteiger partial charge in [0, 0.05) is 12.6 Å². The van der Waals surface area contributed by atoms with Crippen LogP contribution >= 0.6 is 0 Å². The van der Waals surface area contributed by atoms with Crippen LogP contribution in [0.25, 0.3) is 0 Å². The Morgan fingerprint density at radius 3 is 2.70 bits per heavy atom. The molecule has 0 radical (unpaired) electrons. The third-order valence-electron chi connectivity index (χ3n) is 2.48. The minimum atomic E-state index is -0.379. The van der Waals surface area contributed by atoms with Crippen LogP contribution in [0.3, 0.4) is 0 Å². The fourth-order valence-corrected chi connectivity index (χ4v) is 1.33. The van der Waals surface area contributed by atoms with Gasteiger partial charge < -0.3 is 10.4 Å². The summed E-state index contributed by atoms with van der Waals surface area (Å²) in [5, 5.41) is 12.9. The molecule has 2 nitrogen and oxygen atoms in total. The van der Waals surface area contributed by atoms with E-state index in [4.69, 9.17) is 0 Å². The molecule has 1 heterocycles. The van der Waals surface area contributed by atoms with Crippen LogP contribution in [0.2, 0.25) is 0 Å². The van der Waals surface area contributed by atoms with Crippen molar-refractivity contribution >= 4 is 0 Å². The molecule has 1 aliphatic heterocycles. The molecule has 0 aromatic carbocycles. The summed E-state index contributed by atoms with van der Waals surface area (Å²) in [7, 11) is 0. The third-order valence-corrected chi connectivity index (χ3v) is 2.48. The SMILES string of the molecule is CCCC[C@]1(O)CN[C@H]1C. The van der Waals surface area contributed by atoms with Crippen molar-refractivity contribution in [2.24, 2.45) is 0 Å². The molecule has 0 aromatic rings. The van der Waals surface area contributed by atoms with Crippen LogP contribution in [0, 0.1) is 0 Å². The van der Waals surface area contributed by atoms with Gasteiger partial charge in [-0.2, -0.15) is 0 Å². The van der Waals surface area contributed by atoms with E-state index in [0.717, 1.165) is 19.4 Å². The first-order chi connectivity index (χ1) is 4.69. The van der Waals surface area contributed by atoms with Crippen LogP contribution in [0.5, 0.6) is 0 Å². The van der Waals surface area contributed by atoms with Crippen LogP contribution in [0.4, 0.5) is 0 Å². The van der Waals surface area contributed by atoms with Crippen molar-refractivity contribution in [3.8, 4) is 0 Å². The second kappa shape index (κ2) is 2.89. The van der Waals surface area contributed by atoms with Crippen molar-refractivity contribution in [1.29, 1.82) is 0 Å². The third kappa shape index (κ3) is 1.32. The van der Waals surface area contributed by atoms with Crippen molar-refractivity contribution in [2.75, 3.05) is 6.54 Å². The van der Waals surface area contributed by atoms with Crippen molar-refractivity contribution in [3.63, 3.8) is 0 Å². The number of hydrogen-bond acceptors (Lipinski definition) is 2. The molecule has 2 atom stereocenters. The summed E-state index contributed by atoms with van der Waals surface area (Å²) in [6, 6.07) is 0.305. The maximum Gasteiger partial charge on any atom is 0.0920 e. The number of unbranched alkanes of at least 4 members (excludes halogenated alkanes) is 1. The smallest absolute Gasteiger partial charge is 0.0920 e. The van der Waals surface area contributed by atoms with Gasteiger partial charge in [-0.25, -0.2) is 0 Å². The van der Waals surface area contributed by atoms with Gasteiger partial charge in [0.15, 0.2) is 0 Å². The molecule has 0 amide bonds. The highest BCUT2D eigenvalue weighted by atomic mass is 16.3. The lowest BCUT2D eigenvalue weighted by Gasteiger charge is -2.44. The summed E-state index contributed by atoms with van der Waals surface area (Å²) in [5.41, 5.74) is -0.379. The first-order valence-corrected chi connectivity index (χ1v) is 4.15. The Labute approximate surface area is 62.6 Å². The van der Waals surface area contributed by atoms with E-state index >= 15 is 0 Å². The second-order valence-electron chi connectivity index (χ2n) is 3.31. The first-order valence-electron chi connectivity index (χ1n) is 4.15. The summed E-state index contributed by atoms with van der Waals surface area (Å²) >= 11 is 0. The number of aliphatic hydroxyl groups is 1. The van der Waals surface area contributed by atoms with E-state index in [2.05, 4.69) is 12.2 Å². The quantitative estimate of drug-likeness (QED) is 0.615. The lowest BCUT2D eigenvalue weighted by atomic mass is 9.83. The van der Waals surface area contributed by atoms with Crippen molar-refractivity contribution in [2.45, 2.75) is 44.8 Å². The average Bonchev–Trinajstić information content (AvgIpc) is 1.97. The van der Waals surface area contributed by atoms with Gasteiger partial charge >= 0.3 is 0 Å². The first kappa shape index (κ1) is 8.02. The topological polar surface area (TPSA) is 32.3 Å². The minimum Gasteiger partial charge on any atom is -0.387 e. The molecule has 1 aliphatic rings. The molecule has 0 aliphatic carbocycles. The highest BCUT2D eigenvalue weighted by molar-refractivity contribution is 4.99. The molecule has 1 saturated heterocycles. The number of nitrogens with one attached hydrogen (secondary N) is 1. The Morgan fingerprint density at radius 2 is 2.40 bits per heavy atom. The van der Waals surface area contributed by atoms with Gasteiger partial charge in [0.25, 0.3) is 0 Å². The summed E-state index contributed by atoms with van der Waals surface area (Å²) in [4.78, 5) is 0. The zero-order chi connectivity index (χ0) is 7.61. The molecule has 0 unspecified atom stereocenters. The van der Waals surface area contributed by atoms with Crippen molar-refractivity contribution in [3.05, 3.63) is 0 Å². The van der Waals surface area contributed by atoms with Gasteiger partial charge in [-0.3, -0.25) is 0 Å². The monoisotopic (exact) mass is 143 g/mol. The predicted molar refractivity (Wildman–Crippen MR) is 41.9 cm³/mol. The number of β-amino-alcohol motifs (C(OH)–C–C–N with tert-alkyl or cyclic N) is 1. The van der Waals surface area contributed by atoms with Crippen LogP contribution in [0.15, 0.2) is 0 Å². The molecule has 60 valence electrons. The molecule has 1 rings (SSSR count). The summed E-state index contributed by atoms with van der Waals surface area (Å²) in [6.07, 6.45) is 3.27. The fraction of sp³-hybridized carbons (Fsp3) is 1.00. The van der Waals surface area contributed by atoms with E-state index in [1.54, 1.807) is 0 Å². The zero-order valence-electron chi connectivity index (χ0n) is 6.85. The Morgan fingerprint density at radius 1 is 1.70 bits per heavy atom. The Balaban J connectivity index is 2.24. The number of hydrogen-bond donors (Lipinski definition) is 2. The van der Waals surface area contributed by atoms with E-state index in [9.17, 15) is 5.11 Å². The summed E-state index contributed by atoms with van der Waals surface area (Å²) < 4.78 is 0.